The van der Waals surface area contributed by atoms with Crippen molar-refractivity contribution in [1.29, 1.82) is 5.26 Å². The third-order valence-corrected chi connectivity index (χ3v) is 3.73. The van der Waals surface area contributed by atoms with E-state index in [9.17, 15) is 4.79 Å². The molecule has 4 nitrogen and oxygen atoms in total. The lowest BCUT2D eigenvalue weighted by Crippen LogP contribution is -2.30. The number of carbonyl (C=O) groups excluding carboxylic acids is 1. The fraction of sp³-hybridized carbons (Fsp3) is 0.125. The molecular formula is C16H13Cl2N3O. The Bertz CT molecular complexity index is 740. The molecule has 0 radical (unpaired) electrons. The van der Waals surface area contributed by atoms with Gasteiger partial charge >= 0.3 is 6.03 Å². The van der Waals surface area contributed by atoms with Crippen LogP contribution in [-0.2, 0) is 6.54 Å². The third-order valence-electron chi connectivity index (χ3n) is 2.99. The molecule has 0 aliphatic rings. The molecule has 112 valence electrons. The molecule has 0 saturated heterocycles. The average molecular weight is 334 g/mol. The maximum Gasteiger partial charge on any atom is 0.321 e. The van der Waals surface area contributed by atoms with Gasteiger partial charge in [0.05, 0.1) is 21.7 Å². The smallest absolute Gasteiger partial charge is 0.321 e. The van der Waals surface area contributed by atoms with Gasteiger partial charge < -0.3 is 10.2 Å². The number of urea groups is 1. The molecule has 0 bridgehead atoms. The summed E-state index contributed by atoms with van der Waals surface area (Å²) >= 11 is 11.7. The minimum atomic E-state index is -0.277. The van der Waals surface area contributed by atoms with Crippen molar-refractivity contribution in [2.45, 2.75) is 6.54 Å². The van der Waals surface area contributed by atoms with Gasteiger partial charge in [-0.15, -0.1) is 0 Å². The van der Waals surface area contributed by atoms with Gasteiger partial charge in [-0.2, -0.15) is 5.26 Å². The van der Waals surface area contributed by atoms with Gasteiger partial charge in [0.2, 0.25) is 0 Å². The molecule has 0 aliphatic carbocycles. The molecular weight excluding hydrogens is 321 g/mol. The number of nitrogens with one attached hydrogen (secondary N) is 1. The summed E-state index contributed by atoms with van der Waals surface area (Å²) in [6.07, 6.45) is 0. The molecule has 0 aromatic heterocycles. The van der Waals surface area contributed by atoms with Crippen LogP contribution in [0.3, 0.4) is 0 Å². The molecule has 0 spiro atoms. The van der Waals surface area contributed by atoms with Gasteiger partial charge in [0, 0.05) is 19.3 Å². The minimum Gasteiger partial charge on any atom is -0.323 e. The lowest BCUT2D eigenvalue weighted by Gasteiger charge is -2.18. The molecule has 0 unspecified atom stereocenters. The van der Waals surface area contributed by atoms with Crippen LogP contribution < -0.4 is 5.32 Å². The monoisotopic (exact) mass is 333 g/mol. The highest BCUT2D eigenvalue weighted by Crippen LogP contribution is 2.25. The molecule has 0 saturated carbocycles. The highest BCUT2D eigenvalue weighted by molar-refractivity contribution is 6.42. The molecule has 0 heterocycles. The number of nitriles is 1. The van der Waals surface area contributed by atoms with Gasteiger partial charge in [-0.1, -0.05) is 35.3 Å². The van der Waals surface area contributed by atoms with E-state index >= 15 is 0 Å². The van der Waals surface area contributed by atoms with E-state index in [0.717, 1.165) is 5.56 Å². The van der Waals surface area contributed by atoms with E-state index in [1.807, 2.05) is 6.07 Å². The van der Waals surface area contributed by atoms with Crippen LogP contribution in [0.25, 0.3) is 0 Å². The predicted molar refractivity (Wildman–Crippen MR) is 88.1 cm³/mol. The van der Waals surface area contributed by atoms with Crippen molar-refractivity contribution < 1.29 is 4.79 Å². The zero-order valence-electron chi connectivity index (χ0n) is 11.8. The summed E-state index contributed by atoms with van der Waals surface area (Å²) in [4.78, 5) is 13.7. The zero-order valence-corrected chi connectivity index (χ0v) is 13.3. The lowest BCUT2D eigenvalue weighted by atomic mass is 10.1. The molecule has 22 heavy (non-hydrogen) atoms. The molecule has 0 fully saturated rings. The Morgan fingerprint density at radius 1 is 1.23 bits per heavy atom. The number of hydrogen-bond donors (Lipinski definition) is 1. The first-order chi connectivity index (χ1) is 10.5. The van der Waals surface area contributed by atoms with E-state index in [-0.39, 0.29) is 6.03 Å². The van der Waals surface area contributed by atoms with Crippen molar-refractivity contribution in [1.82, 2.24) is 4.90 Å². The van der Waals surface area contributed by atoms with Crippen molar-refractivity contribution in [3.8, 4) is 6.07 Å². The summed E-state index contributed by atoms with van der Waals surface area (Å²) in [6, 6.07) is 13.8. The molecule has 2 amide bonds. The zero-order chi connectivity index (χ0) is 16.1. The van der Waals surface area contributed by atoms with Crippen LogP contribution in [0.4, 0.5) is 10.5 Å². The summed E-state index contributed by atoms with van der Waals surface area (Å²) in [7, 11) is 1.67. The molecule has 0 atom stereocenters. The number of hydrogen-bond acceptors (Lipinski definition) is 2. The van der Waals surface area contributed by atoms with Gasteiger partial charge in [-0.25, -0.2) is 4.79 Å². The Kier molecular flexibility index (Phi) is 5.26. The lowest BCUT2D eigenvalue weighted by molar-refractivity contribution is 0.220. The number of anilines is 1. The fourth-order valence-corrected chi connectivity index (χ4v) is 2.18. The highest BCUT2D eigenvalue weighted by Gasteiger charge is 2.10. The average Bonchev–Trinajstić information content (AvgIpc) is 2.51. The molecule has 0 aliphatic heterocycles. The molecule has 2 aromatic carbocycles. The number of amides is 2. The van der Waals surface area contributed by atoms with E-state index in [4.69, 9.17) is 28.5 Å². The van der Waals surface area contributed by atoms with Crippen LogP contribution in [0.2, 0.25) is 10.0 Å². The quantitative estimate of drug-likeness (QED) is 0.897. The predicted octanol–water partition coefficient (Wildman–Crippen LogP) is 4.53. The molecule has 1 N–H and O–H groups in total. The van der Waals surface area contributed by atoms with Crippen molar-refractivity contribution in [2.75, 3.05) is 12.4 Å². The Morgan fingerprint density at radius 2 is 2.00 bits per heavy atom. The molecule has 2 aromatic rings. The van der Waals surface area contributed by atoms with Crippen LogP contribution in [0.1, 0.15) is 11.1 Å². The van der Waals surface area contributed by atoms with Gasteiger partial charge in [0.1, 0.15) is 0 Å². The highest BCUT2D eigenvalue weighted by atomic mass is 35.5. The summed E-state index contributed by atoms with van der Waals surface area (Å²) in [6.45, 7) is 0.392. The summed E-state index contributed by atoms with van der Waals surface area (Å²) < 4.78 is 0. The van der Waals surface area contributed by atoms with Crippen LogP contribution in [0.5, 0.6) is 0 Å². The van der Waals surface area contributed by atoms with Gasteiger partial charge in [-0.05, 0) is 35.9 Å². The third kappa shape index (κ3) is 4.14. The van der Waals surface area contributed by atoms with Crippen molar-refractivity contribution in [3.63, 3.8) is 0 Å². The van der Waals surface area contributed by atoms with Crippen LogP contribution >= 0.6 is 23.2 Å². The maximum absolute atomic E-state index is 12.1. The largest absolute Gasteiger partial charge is 0.323 e. The van der Waals surface area contributed by atoms with Crippen LogP contribution in [0.15, 0.2) is 42.5 Å². The van der Waals surface area contributed by atoms with Crippen LogP contribution in [-0.4, -0.2) is 18.0 Å². The number of carbonyl (C=O) groups is 1. The summed E-state index contributed by atoms with van der Waals surface area (Å²) in [5, 5.41) is 12.4. The summed E-state index contributed by atoms with van der Waals surface area (Å²) in [5.41, 5.74) is 2.01. The second-order valence-corrected chi connectivity index (χ2v) is 5.54. The van der Waals surface area contributed by atoms with Crippen molar-refractivity contribution in [2.24, 2.45) is 0 Å². The molecule has 6 heteroatoms. The van der Waals surface area contributed by atoms with Crippen molar-refractivity contribution >= 4 is 34.9 Å². The van der Waals surface area contributed by atoms with E-state index < -0.39 is 0 Å². The van der Waals surface area contributed by atoms with Gasteiger partial charge in [0.25, 0.3) is 0 Å². The van der Waals surface area contributed by atoms with E-state index in [2.05, 4.69) is 11.4 Å². The number of benzene rings is 2. The first kappa shape index (κ1) is 16.2. The Balaban J connectivity index is 2.02. The Morgan fingerprint density at radius 3 is 2.68 bits per heavy atom. The first-order valence-corrected chi connectivity index (χ1v) is 7.21. The normalized spacial score (nSPS) is 9.91. The Hall–Kier alpha value is -2.22. The second-order valence-electron chi connectivity index (χ2n) is 4.73. The van der Waals surface area contributed by atoms with Gasteiger partial charge in [0.15, 0.2) is 0 Å². The molecule has 2 rings (SSSR count). The van der Waals surface area contributed by atoms with E-state index in [1.54, 1.807) is 43.4 Å². The fourth-order valence-electron chi connectivity index (χ4n) is 1.88. The number of halogens is 2. The first-order valence-electron chi connectivity index (χ1n) is 6.46. The SMILES string of the molecule is CN(Cc1cccc(C#N)c1)C(=O)Nc1ccc(Cl)c(Cl)c1. The number of nitrogens with zero attached hydrogens (tertiary/aromatic N) is 2. The van der Waals surface area contributed by atoms with Crippen molar-refractivity contribution in [3.05, 3.63) is 63.6 Å². The Labute approximate surface area is 138 Å². The number of rotatable bonds is 3. The van der Waals surface area contributed by atoms with Crippen LogP contribution in [0, 0.1) is 11.3 Å². The maximum atomic E-state index is 12.1. The topological polar surface area (TPSA) is 56.1 Å². The minimum absolute atomic E-state index is 0.277. The summed E-state index contributed by atoms with van der Waals surface area (Å²) in [5.74, 6) is 0. The van der Waals surface area contributed by atoms with Gasteiger partial charge in [-0.3, -0.25) is 0 Å². The standard InChI is InChI=1S/C16H13Cl2N3O/c1-21(10-12-4-2-3-11(7-12)9-19)16(22)20-13-5-6-14(17)15(18)8-13/h2-8H,10H2,1H3,(H,20,22). The second kappa shape index (κ2) is 7.17. The van der Waals surface area contributed by atoms with E-state index in [1.165, 1.54) is 4.90 Å². The van der Waals surface area contributed by atoms with E-state index in [0.29, 0.717) is 27.8 Å².